The predicted octanol–water partition coefficient (Wildman–Crippen LogP) is 1.86. The lowest BCUT2D eigenvalue weighted by Gasteiger charge is -2.42. The highest BCUT2D eigenvalue weighted by atomic mass is 35.5. The Labute approximate surface area is 116 Å². The molecule has 1 atom stereocenters. The summed E-state index contributed by atoms with van der Waals surface area (Å²) in [6, 6.07) is 0.104. The van der Waals surface area contributed by atoms with Gasteiger partial charge in [0.25, 0.3) is 0 Å². The fourth-order valence-corrected chi connectivity index (χ4v) is 2.24. The number of methoxy groups -OCH3 is 1. The van der Waals surface area contributed by atoms with Crippen LogP contribution in [0, 0.1) is 5.41 Å². The van der Waals surface area contributed by atoms with Crippen LogP contribution in [-0.4, -0.2) is 32.2 Å². The molecule has 3 N–H and O–H groups in total. The zero-order chi connectivity index (χ0) is 12.7. The Morgan fingerprint density at radius 2 is 2.17 bits per heavy atom. The van der Waals surface area contributed by atoms with E-state index in [-0.39, 0.29) is 24.4 Å². The van der Waals surface area contributed by atoms with Crippen LogP contribution in [0.1, 0.15) is 45.4 Å². The molecule has 108 valence electrons. The quantitative estimate of drug-likeness (QED) is 0.712. The lowest BCUT2D eigenvalue weighted by molar-refractivity contribution is -0.122. The van der Waals surface area contributed by atoms with Gasteiger partial charge in [0, 0.05) is 32.7 Å². The highest BCUT2D eigenvalue weighted by Crippen LogP contribution is 2.43. The fourth-order valence-electron chi connectivity index (χ4n) is 2.24. The van der Waals surface area contributed by atoms with Gasteiger partial charge in [-0.3, -0.25) is 4.79 Å². The average molecular weight is 279 g/mol. The number of nitrogens with two attached hydrogens (primary N) is 1. The number of amides is 1. The van der Waals surface area contributed by atoms with Crippen molar-refractivity contribution in [3.8, 4) is 0 Å². The minimum absolute atomic E-state index is 0. The number of rotatable bonds is 8. The highest BCUT2D eigenvalue weighted by molar-refractivity contribution is 5.85. The number of nitrogens with one attached hydrogen (secondary N) is 1. The predicted molar refractivity (Wildman–Crippen MR) is 75.9 cm³/mol. The van der Waals surface area contributed by atoms with Crippen LogP contribution < -0.4 is 11.1 Å². The number of hydrogen-bond donors (Lipinski definition) is 2. The lowest BCUT2D eigenvalue weighted by Crippen LogP contribution is -2.43. The number of carbonyl (C=O) groups excluding carboxylic acids is 1. The van der Waals surface area contributed by atoms with Crippen molar-refractivity contribution in [3.63, 3.8) is 0 Å². The van der Waals surface area contributed by atoms with E-state index >= 15 is 0 Å². The molecule has 1 saturated carbocycles. The molecule has 1 rings (SSSR count). The van der Waals surface area contributed by atoms with Gasteiger partial charge in [-0.25, -0.2) is 0 Å². The molecule has 1 fully saturated rings. The van der Waals surface area contributed by atoms with Crippen molar-refractivity contribution >= 4 is 18.3 Å². The molecule has 0 aliphatic heterocycles. The zero-order valence-corrected chi connectivity index (χ0v) is 12.4. The van der Waals surface area contributed by atoms with Gasteiger partial charge in [-0.15, -0.1) is 12.4 Å². The first kappa shape index (κ1) is 17.7. The van der Waals surface area contributed by atoms with Gasteiger partial charge in [0.1, 0.15) is 0 Å². The second-order valence-electron chi connectivity index (χ2n) is 5.39. The molecular weight excluding hydrogens is 252 g/mol. The Morgan fingerprint density at radius 3 is 2.61 bits per heavy atom. The first-order chi connectivity index (χ1) is 8.08. The summed E-state index contributed by atoms with van der Waals surface area (Å²) in [7, 11) is 1.73. The largest absolute Gasteiger partial charge is 0.385 e. The average Bonchev–Trinajstić information content (AvgIpc) is 2.24. The van der Waals surface area contributed by atoms with Crippen molar-refractivity contribution in [2.24, 2.45) is 11.1 Å². The first-order valence-corrected chi connectivity index (χ1v) is 6.59. The first-order valence-electron chi connectivity index (χ1n) is 6.59. The molecule has 1 amide bonds. The Bertz CT molecular complexity index is 243. The van der Waals surface area contributed by atoms with Crippen LogP contribution in [-0.2, 0) is 9.53 Å². The summed E-state index contributed by atoms with van der Waals surface area (Å²) in [6.07, 6.45) is 6.05. The molecule has 1 aliphatic carbocycles. The van der Waals surface area contributed by atoms with Crippen molar-refractivity contribution < 1.29 is 9.53 Å². The second-order valence-corrected chi connectivity index (χ2v) is 5.39. The van der Waals surface area contributed by atoms with Gasteiger partial charge in [0.2, 0.25) is 5.91 Å². The Morgan fingerprint density at radius 1 is 1.50 bits per heavy atom. The molecule has 4 nitrogen and oxygen atoms in total. The van der Waals surface area contributed by atoms with E-state index in [4.69, 9.17) is 10.5 Å². The van der Waals surface area contributed by atoms with E-state index in [1.54, 1.807) is 7.11 Å². The van der Waals surface area contributed by atoms with Crippen LogP contribution in [0.15, 0.2) is 0 Å². The molecule has 0 aromatic heterocycles. The summed E-state index contributed by atoms with van der Waals surface area (Å²) in [5.41, 5.74) is 5.93. The standard InChI is InChI=1S/C13H26N2O2.ClH/c1-11(14)4-5-12(16)15-10-13(6-3-7-13)8-9-17-2;/h11H,3-10,14H2,1-2H3,(H,15,16);1H. The maximum atomic E-state index is 11.6. The number of carbonyl (C=O) groups is 1. The summed E-state index contributed by atoms with van der Waals surface area (Å²) < 4.78 is 5.13. The summed E-state index contributed by atoms with van der Waals surface area (Å²) in [6.45, 7) is 3.52. The molecule has 0 aromatic carbocycles. The van der Waals surface area contributed by atoms with Crippen LogP contribution >= 0.6 is 12.4 Å². The number of ether oxygens (including phenoxy) is 1. The van der Waals surface area contributed by atoms with E-state index < -0.39 is 0 Å². The monoisotopic (exact) mass is 278 g/mol. The van der Waals surface area contributed by atoms with Crippen LogP contribution in [0.5, 0.6) is 0 Å². The van der Waals surface area contributed by atoms with Gasteiger partial charge < -0.3 is 15.8 Å². The number of hydrogen-bond acceptors (Lipinski definition) is 3. The summed E-state index contributed by atoms with van der Waals surface area (Å²) >= 11 is 0. The smallest absolute Gasteiger partial charge is 0.220 e. The summed E-state index contributed by atoms with van der Waals surface area (Å²) in [5, 5.41) is 3.04. The number of halogens is 1. The van der Waals surface area contributed by atoms with Crippen LogP contribution in [0.25, 0.3) is 0 Å². The Kier molecular flexibility index (Phi) is 8.57. The van der Waals surface area contributed by atoms with Gasteiger partial charge in [0.15, 0.2) is 0 Å². The molecule has 0 heterocycles. The van der Waals surface area contributed by atoms with Crippen molar-refractivity contribution in [3.05, 3.63) is 0 Å². The van der Waals surface area contributed by atoms with E-state index in [9.17, 15) is 4.79 Å². The van der Waals surface area contributed by atoms with Gasteiger partial charge in [0.05, 0.1) is 0 Å². The Balaban J connectivity index is 0.00000289. The van der Waals surface area contributed by atoms with Gasteiger partial charge in [-0.2, -0.15) is 0 Å². The third kappa shape index (κ3) is 6.03. The highest BCUT2D eigenvalue weighted by Gasteiger charge is 2.36. The Hall–Kier alpha value is -0.320. The lowest BCUT2D eigenvalue weighted by atomic mass is 9.67. The molecule has 5 heteroatoms. The zero-order valence-electron chi connectivity index (χ0n) is 11.5. The van der Waals surface area contributed by atoms with Crippen molar-refractivity contribution in [1.29, 1.82) is 0 Å². The van der Waals surface area contributed by atoms with Crippen molar-refractivity contribution in [2.45, 2.75) is 51.5 Å². The second kappa shape index (κ2) is 8.73. The van der Waals surface area contributed by atoms with Gasteiger partial charge in [-0.1, -0.05) is 6.42 Å². The van der Waals surface area contributed by atoms with Crippen molar-refractivity contribution in [1.82, 2.24) is 5.32 Å². The van der Waals surface area contributed by atoms with Gasteiger partial charge in [-0.05, 0) is 38.0 Å². The minimum Gasteiger partial charge on any atom is -0.385 e. The van der Waals surface area contributed by atoms with E-state index in [2.05, 4.69) is 5.32 Å². The third-order valence-corrected chi connectivity index (χ3v) is 3.74. The van der Waals surface area contributed by atoms with E-state index in [0.29, 0.717) is 11.8 Å². The maximum absolute atomic E-state index is 11.6. The third-order valence-electron chi connectivity index (χ3n) is 3.74. The molecule has 1 unspecified atom stereocenters. The van der Waals surface area contributed by atoms with E-state index in [1.807, 2.05) is 6.92 Å². The van der Waals surface area contributed by atoms with Crippen molar-refractivity contribution in [2.75, 3.05) is 20.3 Å². The topological polar surface area (TPSA) is 64.3 Å². The summed E-state index contributed by atoms with van der Waals surface area (Å²) in [4.78, 5) is 11.6. The molecule has 18 heavy (non-hydrogen) atoms. The normalized spacial score (nSPS) is 18.4. The van der Waals surface area contributed by atoms with Gasteiger partial charge >= 0.3 is 0 Å². The molecule has 1 aliphatic rings. The minimum atomic E-state index is 0. The maximum Gasteiger partial charge on any atom is 0.220 e. The molecule has 0 aromatic rings. The van der Waals surface area contributed by atoms with E-state index in [0.717, 1.165) is 26.0 Å². The van der Waals surface area contributed by atoms with Crippen LogP contribution in [0.4, 0.5) is 0 Å². The van der Waals surface area contributed by atoms with Crippen LogP contribution in [0.3, 0.4) is 0 Å². The summed E-state index contributed by atoms with van der Waals surface area (Å²) in [5.74, 6) is 0.131. The van der Waals surface area contributed by atoms with Crippen LogP contribution in [0.2, 0.25) is 0 Å². The molecule has 0 spiro atoms. The molecule has 0 bridgehead atoms. The SMILES string of the molecule is COCCC1(CNC(=O)CCC(C)N)CCC1.Cl. The molecule has 0 saturated heterocycles. The fraction of sp³-hybridized carbons (Fsp3) is 0.923. The molecular formula is C13H27ClN2O2. The van der Waals surface area contributed by atoms with E-state index in [1.165, 1.54) is 19.3 Å². The molecule has 0 radical (unpaired) electrons.